The monoisotopic (exact) mass is 230 g/mol. The fourth-order valence-electron chi connectivity index (χ4n) is 1.84. The second kappa shape index (κ2) is 4.51. The van der Waals surface area contributed by atoms with E-state index < -0.39 is 11.9 Å². The molecule has 1 heterocycles. The Hall–Kier alpha value is -1.94. The molecular weight excluding hydrogens is 216 g/mol. The lowest BCUT2D eigenvalue weighted by molar-refractivity contribution is -0.138. The van der Waals surface area contributed by atoms with Crippen molar-refractivity contribution in [3.63, 3.8) is 0 Å². The Balaban J connectivity index is 2.50. The van der Waals surface area contributed by atoms with Crippen LogP contribution in [0.3, 0.4) is 0 Å². The maximum Gasteiger partial charge on any atom is 0.312 e. The third-order valence-corrected chi connectivity index (χ3v) is 2.79. The highest BCUT2D eigenvalue weighted by molar-refractivity contribution is 5.83. The molecule has 2 aromatic rings. The van der Waals surface area contributed by atoms with Crippen molar-refractivity contribution < 1.29 is 9.90 Å². The Morgan fingerprint density at radius 3 is 2.82 bits per heavy atom. The molecule has 1 aromatic carbocycles. The SMILES string of the molecule is Cc1ccc2cc(C(CN)C(=O)O)ccc2n1. The molecule has 4 nitrogen and oxygen atoms in total. The van der Waals surface area contributed by atoms with E-state index >= 15 is 0 Å². The number of pyridine rings is 1. The van der Waals surface area contributed by atoms with Crippen LogP contribution >= 0.6 is 0 Å². The number of carboxylic acids is 1. The zero-order chi connectivity index (χ0) is 12.4. The number of fused-ring (bicyclic) bond motifs is 1. The zero-order valence-corrected chi connectivity index (χ0v) is 9.55. The average Bonchev–Trinajstić information content (AvgIpc) is 2.29. The number of hydrogen-bond acceptors (Lipinski definition) is 3. The molecule has 0 radical (unpaired) electrons. The first-order valence-electron chi connectivity index (χ1n) is 5.42. The van der Waals surface area contributed by atoms with Gasteiger partial charge in [0.1, 0.15) is 0 Å². The molecule has 1 aromatic heterocycles. The Labute approximate surface area is 99.1 Å². The van der Waals surface area contributed by atoms with Gasteiger partial charge >= 0.3 is 5.97 Å². The van der Waals surface area contributed by atoms with Gasteiger partial charge in [0.05, 0.1) is 11.4 Å². The fraction of sp³-hybridized carbons (Fsp3) is 0.231. The Morgan fingerprint density at radius 1 is 1.41 bits per heavy atom. The van der Waals surface area contributed by atoms with Crippen molar-refractivity contribution in [3.8, 4) is 0 Å². The molecule has 1 unspecified atom stereocenters. The van der Waals surface area contributed by atoms with Gasteiger partial charge in [-0.1, -0.05) is 12.1 Å². The predicted molar refractivity (Wildman–Crippen MR) is 65.9 cm³/mol. The number of carboxylic acid groups (broad SMARTS) is 1. The van der Waals surface area contributed by atoms with Crippen LogP contribution in [-0.2, 0) is 4.79 Å². The summed E-state index contributed by atoms with van der Waals surface area (Å²) in [6.45, 7) is 2.02. The standard InChI is InChI=1S/C13H14N2O2/c1-8-2-3-10-6-9(4-5-12(10)15-8)11(7-14)13(16)17/h2-6,11H,7,14H2,1H3,(H,16,17). The first-order chi connectivity index (χ1) is 8.11. The van der Waals surface area contributed by atoms with Crippen LogP contribution in [0.4, 0.5) is 0 Å². The summed E-state index contributed by atoms with van der Waals surface area (Å²) < 4.78 is 0. The highest BCUT2D eigenvalue weighted by Crippen LogP contribution is 2.20. The minimum absolute atomic E-state index is 0.0974. The molecule has 0 saturated carbocycles. The quantitative estimate of drug-likeness (QED) is 0.840. The third kappa shape index (κ3) is 2.26. The predicted octanol–water partition coefficient (Wildman–Crippen LogP) is 1.67. The molecule has 0 spiro atoms. The van der Waals surface area contributed by atoms with Gasteiger partial charge in [0, 0.05) is 17.6 Å². The third-order valence-electron chi connectivity index (χ3n) is 2.79. The lowest BCUT2D eigenvalue weighted by Crippen LogP contribution is -2.21. The largest absolute Gasteiger partial charge is 0.481 e. The summed E-state index contributed by atoms with van der Waals surface area (Å²) in [7, 11) is 0. The molecule has 0 aliphatic rings. The van der Waals surface area contributed by atoms with Gasteiger partial charge in [0.25, 0.3) is 0 Å². The highest BCUT2D eigenvalue weighted by Gasteiger charge is 2.17. The Bertz CT molecular complexity index is 566. The van der Waals surface area contributed by atoms with Gasteiger partial charge in [-0.3, -0.25) is 9.78 Å². The molecule has 88 valence electrons. The second-order valence-electron chi connectivity index (χ2n) is 4.03. The van der Waals surface area contributed by atoms with Gasteiger partial charge in [-0.25, -0.2) is 0 Å². The average molecular weight is 230 g/mol. The summed E-state index contributed by atoms with van der Waals surface area (Å²) in [6, 6.07) is 9.30. The molecular formula is C13H14N2O2. The van der Waals surface area contributed by atoms with Crippen molar-refractivity contribution in [2.24, 2.45) is 5.73 Å². The molecule has 1 atom stereocenters. The molecule has 0 bridgehead atoms. The van der Waals surface area contributed by atoms with Gasteiger partial charge in [0.2, 0.25) is 0 Å². The van der Waals surface area contributed by atoms with Crippen molar-refractivity contribution in [1.82, 2.24) is 4.98 Å². The van der Waals surface area contributed by atoms with Gasteiger partial charge < -0.3 is 10.8 Å². The van der Waals surface area contributed by atoms with E-state index in [2.05, 4.69) is 4.98 Å². The molecule has 4 heteroatoms. The smallest absolute Gasteiger partial charge is 0.312 e. The molecule has 3 N–H and O–H groups in total. The number of rotatable bonds is 3. The second-order valence-corrected chi connectivity index (χ2v) is 4.03. The summed E-state index contributed by atoms with van der Waals surface area (Å²) >= 11 is 0. The number of aryl methyl sites for hydroxylation is 1. The molecule has 0 aliphatic carbocycles. The number of aliphatic carboxylic acids is 1. The maximum absolute atomic E-state index is 11.0. The molecule has 0 amide bonds. The number of hydrogen-bond donors (Lipinski definition) is 2. The molecule has 17 heavy (non-hydrogen) atoms. The van der Waals surface area contributed by atoms with Crippen LogP contribution in [0.5, 0.6) is 0 Å². The van der Waals surface area contributed by atoms with Crippen molar-refractivity contribution in [3.05, 3.63) is 41.6 Å². The van der Waals surface area contributed by atoms with Gasteiger partial charge in [0.15, 0.2) is 0 Å². The number of nitrogens with two attached hydrogens (primary N) is 1. The summed E-state index contributed by atoms with van der Waals surface area (Å²) in [5, 5.41) is 9.99. The van der Waals surface area contributed by atoms with Crippen molar-refractivity contribution in [1.29, 1.82) is 0 Å². The van der Waals surface area contributed by atoms with Gasteiger partial charge in [-0.15, -0.1) is 0 Å². The fourth-order valence-corrected chi connectivity index (χ4v) is 1.84. The van der Waals surface area contributed by atoms with Crippen molar-refractivity contribution >= 4 is 16.9 Å². The summed E-state index contributed by atoms with van der Waals surface area (Å²) in [5.41, 5.74) is 8.01. The van der Waals surface area contributed by atoms with E-state index in [4.69, 9.17) is 10.8 Å². The van der Waals surface area contributed by atoms with E-state index in [1.807, 2.05) is 31.2 Å². The minimum atomic E-state index is -0.896. The van der Waals surface area contributed by atoms with E-state index in [1.54, 1.807) is 6.07 Å². The van der Waals surface area contributed by atoms with Gasteiger partial charge in [-0.2, -0.15) is 0 Å². The van der Waals surface area contributed by atoms with Crippen LogP contribution in [-0.4, -0.2) is 22.6 Å². The Morgan fingerprint density at radius 2 is 2.18 bits per heavy atom. The number of nitrogens with zero attached hydrogens (tertiary/aromatic N) is 1. The van der Waals surface area contributed by atoms with Crippen LogP contribution < -0.4 is 5.73 Å². The van der Waals surface area contributed by atoms with Crippen LogP contribution in [0.1, 0.15) is 17.2 Å². The lowest BCUT2D eigenvalue weighted by atomic mass is 9.97. The minimum Gasteiger partial charge on any atom is -0.481 e. The summed E-state index contributed by atoms with van der Waals surface area (Å²) in [4.78, 5) is 15.4. The summed E-state index contributed by atoms with van der Waals surface area (Å²) in [5.74, 6) is -1.55. The molecule has 0 aliphatic heterocycles. The van der Waals surface area contributed by atoms with Crippen LogP contribution in [0.15, 0.2) is 30.3 Å². The lowest BCUT2D eigenvalue weighted by Gasteiger charge is -2.10. The number of aromatic nitrogens is 1. The number of benzene rings is 1. The van der Waals surface area contributed by atoms with E-state index in [0.29, 0.717) is 0 Å². The van der Waals surface area contributed by atoms with Crippen LogP contribution in [0, 0.1) is 6.92 Å². The molecule has 2 rings (SSSR count). The van der Waals surface area contributed by atoms with Gasteiger partial charge in [-0.05, 0) is 30.7 Å². The highest BCUT2D eigenvalue weighted by atomic mass is 16.4. The molecule has 0 fully saturated rings. The van der Waals surface area contributed by atoms with Crippen LogP contribution in [0.2, 0.25) is 0 Å². The van der Waals surface area contributed by atoms with Crippen molar-refractivity contribution in [2.75, 3.05) is 6.54 Å². The zero-order valence-electron chi connectivity index (χ0n) is 9.55. The van der Waals surface area contributed by atoms with Crippen molar-refractivity contribution in [2.45, 2.75) is 12.8 Å². The first-order valence-corrected chi connectivity index (χ1v) is 5.42. The van der Waals surface area contributed by atoms with E-state index in [0.717, 1.165) is 22.2 Å². The van der Waals surface area contributed by atoms with E-state index in [9.17, 15) is 4.79 Å². The first kappa shape index (κ1) is 11.5. The maximum atomic E-state index is 11.0. The normalized spacial score (nSPS) is 12.6. The van der Waals surface area contributed by atoms with Crippen LogP contribution in [0.25, 0.3) is 10.9 Å². The molecule has 0 saturated heterocycles. The summed E-state index contributed by atoms with van der Waals surface area (Å²) in [6.07, 6.45) is 0. The Kier molecular flexibility index (Phi) is 3.06. The van der Waals surface area contributed by atoms with E-state index in [1.165, 1.54) is 0 Å². The number of carbonyl (C=O) groups is 1. The van der Waals surface area contributed by atoms with E-state index in [-0.39, 0.29) is 6.54 Å². The topological polar surface area (TPSA) is 76.2 Å².